The molecule has 1 aromatic heterocycles. The first-order valence-electron chi connectivity index (χ1n) is 7.75. The van der Waals surface area contributed by atoms with E-state index in [1.165, 1.54) is 11.0 Å². The monoisotopic (exact) mass is 396 g/mol. The van der Waals surface area contributed by atoms with Gasteiger partial charge < -0.3 is 10.2 Å². The van der Waals surface area contributed by atoms with Gasteiger partial charge in [-0.05, 0) is 42.1 Å². The largest absolute Gasteiger partial charge is 0.330 e. The molecular weight excluding hydrogens is 379 g/mol. The molecule has 0 saturated carbocycles. The molecule has 2 aromatic rings. The Balaban J connectivity index is 1.99. The van der Waals surface area contributed by atoms with Crippen molar-refractivity contribution < 1.29 is 9.59 Å². The molecule has 0 spiro atoms. The summed E-state index contributed by atoms with van der Waals surface area (Å²) >= 11 is 13.4. The highest BCUT2D eigenvalue weighted by Crippen LogP contribution is 2.25. The number of nitrogens with one attached hydrogen (secondary N) is 1. The van der Waals surface area contributed by atoms with Crippen molar-refractivity contribution in [3.8, 4) is 0 Å². The van der Waals surface area contributed by atoms with Gasteiger partial charge in [-0.25, -0.2) is 0 Å². The van der Waals surface area contributed by atoms with E-state index in [1.807, 2.05) is 24.4 Å². The normalized spacial score (nSPS) is 10.8. The number of amides is 2. The fraction of sp³-hybridized carbons (Fsp3) is 0.222. The predicted octanol–water partition coefficient (Wildman–Crippen LogP) is 4.95. The van der Waals surface area contributed by atoms with E-state index in [-0.39, 0.29) is 18.4 Å². The summed E-state index contributed by atoms with van der Waals surface area (Å²) in [7, 11) is 0. The highest BCUT2D eigenvalue weighted by molar-refractivity contribution is 7.10. The average molecular weight is 397 g/mol. The molecule has 0 radical (unpaired) electrons. The van der Waals surface area contributed by atoms with Crippen LogP contribution in [0.2, 0.25) is 10.0 Å². The van der Waals surface area contributed by atoms with Gasteiger partial charge in [0.2, 0.25) is 11.8 Å². The van der Waals surface area contributed by atoms with E-state index in [2.05, 4.69) is 5.32 Å². The molecule has 2 rings (SSSR count). The van der Waals surface area contributed by atoms with Gasteiger partial charge in [0.25, 0.3) is 0 Å². The second-order valence-corrected chi connectivity index (χ2v) is 7.10. The lowest BCUT2D eigenvalue weighted by Gasteiger charge is -2.20. The summed E-state index contributed by atoms with van der Waals surface area (Å²) in [5, 5.41) is 5.49. The second-order valence-electron chi connectivity index (χ2n) is 5.28. The average Bonchev–Trinajstić information content (AvgIpc) is 3.08. The third kappa shape index (κ3) is 6.20. The molecule has 25 heavy (non-hydrogen) atoms. The Kier molecular flexibility index (Phi) is 7.50. The molecule has 0 aliphatic heterocycles. The Morgan fingerprint density at radius 2 is 2.08 bits per heavy atom. The minimum atomic E-state index is -0.310. The number of anilines is 1. The number of carbonyl (C=O) groups is 2. The number of hydrogen-bond acceptors (Lipinski definition) is 3. The van der Waals surface area contributed by atoms with E-state index >= 15 is 0 Å². The van der Waals surface area contributed by atoms with Crippen LogP contribution < -0.4 is 5.32 Å². The van der Waals surface area contributed by atoms with Crippen molar-refractivity contribution in [1.29, 1.82) is 0 Å². The Bertz CT molecular complexity index is 760. The van der Waals surface area contributed by atoms with Crippen LogP contribution in [0.25, 0.3) is 6.08 Å². The van der Waals surface area contributed by atoms with Gasteiger partial charge in [0.15, 0.2) is 0 Å². The van der Waals surface area contributed by atoms with Crippen molar-refractivity contribution in [2.75, 3.05) is 18.4 Å². The summed E-state index contributed by atoms with van der Waals surface area (Å²) in [6.07, 6.45) is 4.00. The smallest absolute Gasteiger partial charge is 0.247 e. The first kappa shape index (κ1) is 19.5. The maximum absolute atomic E-state index is 12.3. The lowest BCUT2D eigenvalue weighted by molar-refractivity contribution is -0.130. The van der Waals surface area contributed by atoms with Crippen molar-refractivity contribution in [2.45, 2.75) is 13.3 Å². The summed E-state index contributed by atoms with van der Waals surface area (Å²) in [6.45, 7) is 2.41. The molecule has 4 nitrogen and oxygen atoms in total. The zero-order valence-electron chi connectivity index (χ0n) is 13.7. The van der Waals surface area contributed by atoms with E-state index in [4.69, 9.17) is 23.2 Å². The van der Waals surface area contributed by atoms with Crippen molar-refractivity contribution in [1.82, 2.24) is 4.90 Å². The number of nitrogens with zero attached hydrogens (tertiary/aromatic N) is 1. The summed E-state index contributed by atoms with van der Waals surface area (Å²) in [5.41, 5.74) is 0.467. The predicted molar refractivity (Wildman–Crippen MR) is 105 cm³/mol. The number of benzene rings is 1. The fourth-order valence-electron chi connectivity index (χ4n) is 2.14. The van der Waals surface area contributed by atoms with Crippen LogP contribution in [0.15, 0.2) is 41.8 Å². The highest BCUT2D eigenvalue weighted by Gasteiger charge is 2.15. The fourth-order valence-corrected chi connectivity index (χ4v) is 3.21. The van der Waals surface area contributed by atoms with E-state index in [9.17, 15) is 9.59 Å². The van der Waals surface area contributed by atoms with Gasteiger partial charge in [-0.2, -0.15) is 0 Å². The molecule has 0 saturated heterocycles. The molecule has 1 aromatic carbocycles. The van der Waals surface area contributed by atoms with Gasteiger partial charge in [-0.1, -0.05) is 36.2 Å². The van der Waals surface area contributed by atoms with Gasteiger partial charge in [-0.15, -0.1) is 11.3 Å². The maximum Gasteiger partial charge on any atom is 0.247 e. The van der Waals surface area contributed by atoms with Crippen molar-refractivity contribution >= 4 is 58.1 Å². The molecule has 0 atom stereocenters. The van der Waals surface area contributed by atoms with Crippen molar-refractivity contribution in [3.63, 3.8) is 0 Å². The lowest BCUT2D eigenvalue weighted by atomic mass is 10.3. The van der Waals surface area contributed by atoms with Crippen LogP contribution in [0.4, 0.5) is 5.69 Å². The zero-order chi connectivity index (χ0) is 18.2. The van der Waals surface area contributed by atoms with Crippen LogP contribution in [0, 0.1) is 0 Å². The van der Waals surface area contributed by atoms with E-state index < -0.39 is 0 Å². The second kappa shape index (κ2) is 9.61. The van der Waals surface area contributed by atoms with Gasteiger partial charge >= 0.3 is 0 Å². The van der Waals surface area contributed by atoms with Crippen molar-refractivity contribution in [3.05, 3.63) is 56.7 Å². The maximum atomic E-state index is 12.3. The summed E-state index contributed by atoms with van der Waals surface area (Å²) in [4.78, 5) is 27.1. The lowest BCUT2D eigenvalue weighted by Crippen LogP contribution is -2.37. The van der Waals surface area contributed by atoms with Crippen molar-refractivity contribution in [2.24, 2.45) is 0 Å². The topological polar surface area (TPSA) is 49.4 Å². The van der Waals surface area contributed by atoms with Crippen LogP contribution in [0.1, 0.15) is 18.2 Å². The van der Waals surface area contributed by atoms with Gasteiger partial charge in [0.1, 0.15) is 6.54 Å². The number of carbonyl (C=O) groups excluding carboxylic acids is 2. The third-order valence-electron chi connectivity index (χ3n) is 3.28. The molecule has 1 N–H and O–H groups in total. The van der Waals surface area contributed by atoms with Gasteiger partial charge in [0.05, 0.1) is 10.7 Å². The quantitative estimate of drug-likeness (QED) is 0.673. The first-order chi connectivity index (χ1) is 12.0. The zero-order valence-corrected chi connectivity index (χ0v) is 16.0. The molecule has 0 aliphatic rings. The molecule has 0 aliphatic carbocycles. The Hall–Kier alpha value is -1.82. The van der Waals surface area contributed by atoms with Crippen LogP contribution in [-0.4, -0.2) is 29.8 Å². The molecule has 7 heteroatoms. The molecule has 2 amide bonds. The summed E-state index contributed by atoms with van der Waals surface area (Å²) in [5.74, 6) is -0.511. The molecule has 0 unspecified atom stereocenters. The molecule has 1 heterocycles. The first-order valence-corrected chi connectivity index (χ1v) is 9.38. The van der Waals surface area contributed by atoms with Crippen LogP contribution in [0.3, 0.4) is 0 Å². The van der Waals surface area contributed by atoms with E-state index in [1.54, 1.807) is 35.6 Å². The Labute approximate surface area is 161 Å². The molecule has 0 bridgehead atoms. The van der Waals surface area contributed by atoms with E-state index in [0.717, 1.165) is 11.3 Å². The Morgan fingerprint density at radius 3 is 2.72 bits per heavy atom. The summed E-state index contributed by atoms with van der Waals surface area (Å²) < 4.78 is 0. The molecular formula is C18H18Cl2N2O2S. The van der Waals surface area contributed by atoms with Crippen LogP contribution in [-0.2, 0) is 9.59 Å². The van der Waals surface area contributed by atoms with Crippen LogP contribution in [0.5, 0.6) is 0 Å². The number of hydrogen-bond donors (Lipinski definition) is 1. The molecule has 0 fully saturated rings. The Morgan fingerprint density at radius 1 is 1.28 bits per heavy atom. The summed E-state index contributed by atoms with van der Waals surface area (Å²) in [6, 6.07) is 8.67. The SMILES string of the molecule is CCCN(CC(=O)Nc1ccc(Cl)cc1Cl)C(=O)/C=C/c1cccs1. The van der Waals surface area contributed by atoms with Gasteiger partial charge in [-0.3, -0.25) is 9.59 Å². The highest BCUT2D eigenvalue weighted by atomic mass is 35.5. The third-order valence-corrected chi connectivity index (χ3v) is 4.66. The minimum absolute atomic E-state index is 0.0413. The van der Waals surface area contributed by atoms with E-state index in [0.29, 0.717) is 22.3 Å². The van der Waals surface area contributed by atoms with Crippen LogP contribution >= 0.6 is 34.5 Å². The van der Waals surface area contributed by atoms with Gasteiger partial charge in [0, 0.05) is 22.5 Å². The standard InChI is InChI=1S/C18H18Cl2N2O2S/c1-2-9-22(18(24)8-6-14-4-3-10-25-14)12-17(23)21-16-7-5-13(19)11-15(16)20/h3-8,10-11H,2,9,12H2,1H3,(H,21,23)/b8-6+. The minimum Gasteiger partial charge on any atom is -0.330 e. The number of rotatable bonds is 7. The number of thiophene rings is 1. The number of halogens is 2. The molecule has 132 valence electrons.